The van der Waals surface area contributed by atoms with Crippen molar-refractivity contribution in [1.82, 2.24) is 0 Å². The smallest absolute Gasteiger partial charge is 0.298 e. The highest BCUT2D eigenvalue weighted by Crippen LogP contribution is 2.42. The lowest BCUT2D eigenvalue weighted by molar-refractivity contribution is -0.120. The minimum Gasteiger partial charge on any atom is -0.428 e. The first-order chi connectivity index (χ1) is 7.90. The first-order valence-corrected chi connectivity index (χ1v) is 5.20. The zero-order chi connectivity index (χ0) is 11.0. The van der Waals surface area contributed by atoms with Gasteiger partial charge in [0.2, 0.25) is 0 Å². The normalized spacial score (nSPS) is 11.8. The largest absolute Gasteiger partial charge is 0.428 e. The van der Waals surface area contributed by atoms with Crippen molar-refractivity contribution in [2.75, 3.05) is 0 Å². The second kappa shape index (κ2) is 3.49. The van der Waals surface area contributed by atoms with Gasteiger partial charge in [0.15, 0.2) is 0 Å². The van der Waals surface area contributed by atoms with Crippen molar-refractivity contribution in [2.45, 2.75) is 6.42 Å². The van der Waals surface area contributed by atoms with Gasteiger partial charge in [-0.3, -0.25) is 4.79 Å². The number of ether oxygens (including phenoxy) is 1. The first-order valence-electron chi connectivity index (χ1n) is 5.20. The van der Waals surface area contributed by atoms with Gasteiger partial charge in [0.1, 0.15) is 5.75 Å². The van der Waals surface area contributed by atoms with Crippen LogP contribution >= 0.6 is 0 Å². The second-order valence-electron chi connectivity index (χ2n) is 3.84. The molecule has 0 spiro atoms. The number of fused-ring (bicyclic) bond motifs is 3. The molecule has 2 nitrogen and oxygen atoms in total. The van der Waals surface area contributed by atoms with Gasteiger partial charge in [0, 0.05) is 5.56 Å². The SMILES string of the molecule is O=COc1cccc2c1-c1ccccc1C2. The Morgan fingerprint density at radius 1 is 1.00 bits per heavy atom. The minimum atomic E-state index is 0.483. The Morgan fingerprint density at radius 2 is 1.81 bits per heavy atom. The third-order valence-electron chi connectivity index (χ3n) is 2.96. The maximum absolute atomic E-state index is 10.5. The van der Waals surface area contributed by atoms with E-state index in [1.807, 2.05) is 24.3 Å². The summed E-state index contributed by atoms with van der Waals surface area (Å²) in [4.78, 5) is 10.5. The first kappa shape index (κ1) is 9.16. The molecule has 2 aromatic carbocycles. The molecule has 0 saturated heterocycles. The average Bonchev–Trinajstić information content (AvgIpc) is 2.68. The van der Waals surface area contributed by atoms with Crippen LogP contribution in [-0.4, -0.2) is 6.47 Å². The Labute approximate surface area is 93.5 Å². The number of benzene rings is 2. The Kier molecular flexibility index (Phi) is 2.00. The van der Waals surface area contributed by atoms with E-state index >= 15 is 0 Å². The number of carbonyl (C=O) groups excluding carboxylic acids is 1. The number of rotatable bonds is 2. The fourth-order valence-electron chi connectivity index (χ4n) is 2.30. The van der Waals surface area contributed by atoms with Crippen LogP contribution in [0, 0.1) is 0 Å². The van der Waals surface area contributed by atoms with Gasteiger partial charge in [-0.15, -0.1) is 0 Å². The van der Waals surface area contributed by atoms with Gasteiger partial charge in [-0.05, 0) is 29.2 Å². The van der Waals surface area contributed by atoms with Crippen LogP contribution in [0.2, 0.25) is 0 Å². The predicted octanol–water partition coefficient (Wildman–Crippen LogP) is 2.79. The fourth-order valence-corrected chi connectivity index (χ4v) is 2.30. The van der Waals surface area contributed by atoms with Crippen LogP contribution in [0.1, 0.15) is 11.1 Å². The van der Waals surface area contributed by atoms with Gasteiger partial charge in [0.25, 0.3) is 6.47 Å². The molecular formula is C14H10O2. The number of carbonyl (C=O) groups is 1. The Balaban J connectivity index is 2.24. The summed E-state index contributed by atoms with van der Waals surface area (Å²) in [6, 6.07) is 14.0. The molecule has 0 amide bonds. The van der Waals surface area contributed by atoms with Crippen LogP contribution in [0.3, 0.4) is 0 Å². The fraction of sp³-hybridized carbons (Fsp3) is 0.0714. The summed E-state index contributed by atoms with van der Waals surface area (Å²) in [6.45, 7) is 0.483. The van der Waals surface area contributed by atoms with E-state index in [9.17, 15) is 4.79 Å². The zero-order valence-corrected chi connectivity index (χ0v) is 8.64. The summed E-state index contributed by atoms with van der Waals surface area (Å²) in [5.41, 5.74) is 4.75. The summed E-state index contributed by atoms with van der Waals surface area (Å²) in [7, 11) is 0. The van der Waals surface area contributed by atoms with Crippen molar-refractivity contribution < 1.29 is 9.53 Å². The molecule has 0 bridgehead atoms. The van der Waals surface area contributed by atoms with Crippen molar-refractivity contribution in [1.29, 1.82) is 0 Å². The Hall–Kier alpha value is -2.09. The van der Waals surface area contributed by atoms with Gasteiger partial charge in [-0.25, -0.2) is 0 Å². The summed E-state index contributed by atoms with van der Waals surface area (Å²) in [5, 5.41) is 0. The van der Waals surface area contributed by atoms with E-state index in [2.05, 4.69) is 18.2 Å². The predicted molar refractivity (Wildman–Crippen MR) is 61.4 cm³/mol. The van der Waals surface area contributed by atoms with Crippen LogP contribution in [0.4, 0.5) is 0 Å². The lowest BCUT2D eigenvalue weighted by Crippen LogP contribution is -1.91. The van der Waals surface area contributed by atoms with Crippen LogP contribution < -0.4 is 4.74 Å². The molecule has 3 rings (SSSR count). The maximum atomic E-state index is 10.5. The third kappa shape index (κ3) is 1.23. The monoisotopic (exact) mass is 210 g/mol. The Bertz CT molecular complexity index is 558. The van der Waals surface area contributed by atoms with E-state index in [1.165, 1.54) is 16.7 Å². The molecule has 0 N–H and O–H groups in total. The molecule has 1 aliphatic carbocycles. The van der Waals surface area contributed by atoms with E-state index in [4.69, 9.17) is 4.74 Å². The van der Waals surface area contributed by atoms with Crippen LogP contribution in [0.15, 0.2) is 42.5 Å². The topological polar surface area (TPSA) is 26.3 Å². The van der Waals surface area contributed by atoms with Gasteiger partial charge in [-0.2, -0.15) is 0 Å². The lowest BCUT2D eigenvalue weighted by atomic mass is 10.1. The van der Waals surface area contributed by atoms with Gasteiger partial charge in [0.05, 0.1) is 0 Å². The summed E-state index contributed by atoms with van der Waals surface area (Å²) < 4.78 is 5.03. The van der Waals surface area contributed by atoms with Crippen LogP contribution in [0.5, 0.6) is 5.75 Å². The molecule has 2 aromatic rings. The van der Waals surface area contributed by atoms with Crippen molar-refractivity contribution in [3.05, 3.63) is 53.6 Å². The van der Waals surface area contributed by atoms with Crippen molar-refractivity contribution in [3.8, 4) is 16.9 Å². The molecular weight excluding hydrogens is 200 g/mol. The Morgan fingerprint density at radius 3 is 2.69 bits per heavy atom. The van der Waals surface area contributed by atoms with Crippen molar-refractivity contribution >= 4 is 6.47 Å². The molecule has 0 saturated carbocycles. The molecule has 0 unspecified atom stereocenters. The molecule has 0 atom stereocenters. The summed E-state index contributed by atoms with van der Waals surface area (Å²) >= 11 is 0. The number of hydrogen-bond acceptors (Lipinski definition) is 2. The molecule has 0 fully saturated rings. The average molecular weight is 210 g/mol. The molecule has 0 aliphatic heterocycles. The second-order valence-corrected chi connectivity index (χ2v) is 3.84. The zero-order valence-electron chi connectivity index (χ0n) is 8.64. The van der Waals surface area contributed by atoms with Crippen LogP contribution in [-0.2, 0) is 11.2 Å². The molecule has 78 valence electrons. The highest BCUT2D eigenvalue weighted by molar-refractivity contribution is 5.82. The van der Waals surface area contributed by atoms with Crippen LogP contribution in [0.25, 0.3) is 11.1 Å². The highest BCUT2D eigenvalue weighted by atomic mass is 16.5. The molecule has 0 radical (unpaired) electrons. The van der Waals surface area contributed by atoms with Gasteiger partial charge < -0.3 is 4.74 Å². The van der Waals surface area contributed by atoms with Gasteiger partial charge >= 0.3 is 0 Å². The van der Waals surface area contributed by atoms with E-state index in [0.29, 0.717) is 12.2 Å². The highest BCUT2D eigenvalue weighted by Gasteiger charge is 2.21. The van der Waals surface area contributed by atoms with E-state index in [1.54, 1.807) is 0 Å². The quantitative estimate of drug-likeness (QED) is 0.608. The third-order valence-corrected chi connectivity index (χ3v) is 2.96. The van der Waals surface area contributed by atoms with E-state index < -0.39 is 0 Å². The van der Waals surface area contributed by atoms with E-state index in [-0.39, 0.29) is 0 Å². The standard InChI is InChI=1S/C14H10O2/c15-9-16-13-7-3-5-11-8-10-4-1-2-6-12(10)14(11)13/h1-7,9H,8H2. The molecule has 0 heterocycles. The summed E-state index contributed by atoms with van der Waals surface area (Å²) in [5.74, 6) is 0.650. The van der Waals surface area contributed by atoms with Gasteiger partial charge in [-0.1, -0.05) is 36.4 Å². The molecule has 0 aromatic heterocycles. The molecule has 2 heteroatoms. The summed E-state index contributed by atoms with van der Waals surface area (Å²) in [6.07, 6.45) is 0.918. The molecule has 1 aliphatic rings. The maximum Gasteiger partial charge on any atom is 0.298 e. The van der Waals surface area contributed by atoms with Crippen molar-refractivity contribution in [3.63, 3.8) is 0 Å². The van der Waals surface area contributed by atoms with E-state index in [0.717, 1.165) is 12.0 Å². The minimum absolute atomic E-state index is 0.483. The molecule has 16 heavy (non-hydrogen) atoms. The number of hydrogen-bond donors (Lipinski definition) is 0. The van der Waals surface area contributed by atoms with Crippen molar-refractivity contribution in [2.24, 2.45) is 0 Å². The lowest BCUT2D eigenvalue weighted by Gasteiger charge is -2.06.